The molecule has 2 heterocycles. The van der Waals surface area contributed by atoms with Crippen molar-refractivity contribution in [3.63, 3.8) is 0 Å². The second kappa shape index (κ2) is 11.2. The Balaban J connectivity index is 1.98. The number of aliphatic hydroxyl groups is 1. The molecule has 0 aromatic heterocycles. The van der Waals surface area contributed by atoms with Crippen molar-refractivity contribution < 1.29 is 24.2 Å². The number of hydrogen-bond acceptors (Lipinski definition) is 6. The first-order valence-corrected chi connectivity index (χ1v) is 12.8. The molecule has 2 aliphatic heterocycles. The number of hydrogen-bond donors (Lipinski definition) is 2. The van der Waals surface area contributed by atoms with E-state index in [0.717, 1.165) is 5.56 Å². The van der Waals surface area contributed by atoms with Gasteiger partial charge in [-0.25, -0.2) is 4.99 Å². The molecule has 3 atom stereocenters. The van der Waals surface area contributed by atoms with Crippen molar-refractivity contribution in [2.24, 2.45) is 10.9 Å². The van der Waals surface area contributed by atoms with Crippen molar-refractivity contribution in [1.82, 2.24) is 15.1 Å². The number of ether oxygens (including phenoxy) is 1. The summed E-state index contributed by atoms with van der Waals surface area (Å²) in [5, 5.41) is 14.9. The average Bonchev–Trinajstić information content (AvgIpc) is 3.43. The first-order chi connectivity index (χ1) is 18.1. The minimum Gasteiger partial charge on any atom is -0.475 e. The van der Waals surface area contributed by atoms with E-state index < -0.39 is 23.7 Å². The summed E-state index contributed by atoms with van der Waals surface area (Å²) >= 11 is 0. The van der Waals surface area contributed by atoms with E-state index in [4.69, 9.17) is 4.74 Å². The van der Waals surface area contributed by atoms with Crippen LogP contribution in [0.15, 0.2) is 71.9 Å². The maximum absolute atomic E-state index is 14.4. The van der Waals surface area contributed by atoms with Crippen LogP contribution in [0.3, 0.4) is 0 Å². The number of aliphatic imine (C=N–C) groups is 1. The third kappa shape index (κ3) is 5.33. The van der Waals surface area contributed by atoms with Gasteiger partial charge in [-0.05, 0) is 23.5 Å². The van der Waals surface area contributed by atoms with E-state index in [9.17, 15) is 19.5 Å². The predicted molar refractivity (Wildman–Crippen MR) is 143 cm³/mol. The third-order valence-electron chi connectivity index (χ3n) is 6.72. The molecule has 2 aromatic rings. The summed E-state index contributed by atoms with van der Waals surface area (Å²) in [5.41, 5.74) is -0.213. The monoisotopic (exact) mass is 518 g/mol. The Morgan fingerprint density at radius 3 is 2.26 bits per heavy atom. The van der Waals surface area contributed by atoms with Gasteiger partial charge >= 0.3 is 0 Å². The Kier molecular flexibility index (Phi) is 7.97. The summed E-state index contributed by atoms with van der Waals surface area (Å²) in [4.78, 5) is 46.9. The highest BCUT2D eigenvalue weighted by Crippen LogP contribution is 2.36. The normalized spacial score (nSPS) is 19.8. The van der Waals surface area contributed by atoms with E-state index >= 15 is 0 Å². The van der Waals surface area contributed by atoms with Crippen LogP contribution in [0, 0.1) is 5.92 Å². The van der Waals surface area contributed by atoms with Crippen molar-refractivity contribution in [1.29, 1.82) is 0 Å². The maximum atomic E-state index is 14.4. The Morgan fingerprint density at radius 1 is 1.11 bits per heavy atom. The first-order valence-electron chi connectivity index (χ1n) is 12.8. The minimum atomic E-state index is -2.14. The van der Waals surface area contributed by atoms with E-state index in [1.807, 2.05) is 74.5 Å². The minimum absolute atomic E-state index is 0.0519. The number of rotatable bonds is 8. The molecule has 0 saturated carbocycles. The van der Waals surface area contributed by atoms with Gasteiger partial charge in [-0.2, -0.15) is 0 Å². The standard InChI is InChI=1S/C29H34N4O5/c1-19(2)26-27(36)33(24(18-32(26)21(4)35)23-13-9-6-10-14-23)25(17-22-11-7-5-8-12-22)29(37,31-20(3)34)28-30-15-16-38-28/h5-14,18-19,25-26,37H,15-17H2,1-4H3,(H,31,34)/t25-,26?,29?/m0/s1. The lowest BCUT2D eigenvalue weighted by atomic mass is 9.89. The summed E-state index contributed by atoms with van der Waals surface area (Å²) < 4.78 is 5.70. The van der Waals surface area contributed by atoms with Gasteiger partial charge in [-0.1, -0.05) is 74.5 Å². The van der Waals surface area contributed by atoms with Crippen LogP contribution < -0.4 is 5.32 Å². The van der Waals surface area contributed by atoms with E-state index in [1.54, 1.807) is 6.20 Å². The molecule has 3 amide bonds. The van der Waals surface area contributed by atoms with Gasteiger partial charge in [0.05, 0.1) is 18.3 Å². The average molecular weight is 519 g/mol. The number of carbonyl (C=O) groups is 3. The van der Waals surface area contributed by atoms with Gasteiger partial charge in [0.1, 0.15) is 12.6 Å². The molecular weight excluding hydrogens is 484 g/mol. The fourth-order valence-corrected chi connectivity index (χ4v) is 5.07. The van der Waals surface area contributed by atoms with Crippen LogP contribution in [0.5, 0.6) is 0 Å². The molecule has 2 aliphatic rings. The Labute approximate surface area is 222 Å². The zero-order chi connectivity index (χ0) is 27.4. The molecule has 0 spiro atoms. The van der Waals surface area contributed by atoms with Crippen LogP contribution in [-0.4, -0.2) is 69.5 Å². The maximum Gasteiger partial charge on any atom is 0.250 e. The largest absolute Gasteiger partial charge is 0.475 e. The predicted octanol–water partition coefficient (Wildman–Crippen LogP) is 2.56. The third-order valence-corrected chi connectivity index (χ3v) is 6.72. The second-order valence-electron chi connectivity index (χ2n) is 9.89. The van der Waals surface area contributed by atoms with Crippen molar-refractivity contribution >= 4 is 29.3 Å². The molecule has 0 aliphatic carbocycles. The van der Waals surface area contributed by atoms with Gasteiger partial charge in [0.2, 0.25) is 23.4 Å². The van der Waals surface area contributed by atoms with Crippen LogP contribution in [0.4, 0.5) is 0 Å². The summed E-state index contributed by atoms with van der Waals surface area (Å²) in [6.45, 7) is 7.02. The molecule has 0 bridgehead atoms. The lowest BCUT2D eigenvalue weighted by molar-refractivity contribution is -0.149. The summed E-state index contributed by atoms with van der Waals surface area (Å²) in [5.74, 6) is -1.44. The molecule has 38 heavy (non-hydrogen) atoms. The van der Waals surface area contributed by atoms with Crippen molar-refractivity contribution in [2.45, 2.75) is 51.9 Å². The highest BCUT2D eigenvalue weighted by Gasteiger charge is 2.53. The van der Waals surface area contributed by atoms with Crippen LogP contribution in [0.2, 0.25) is 0 Å². The topological polar surface area (TPSA) is 112 Å². The van der Waals surface area contributed by atoms with Crippen LogP contribution in [0.1, 0.15) is 38.8 Å². The van der Waals surface area contributed by atoms with Crippen molar-refractivity contribution in [3.8, 4) is 0 Å². The SMILES string of the molecule is CC(=O)NC(O)(C1=NCCO1)[C@H](Cc1ccccc1)N1C(=O)C(C(C)C)N(C(C)=O)C=C1c1ccccc1. The van der Waals surface area contributed by atoms with Gasteiger partial charge in [-0.3, -0.25) is 19.3 Å². The summed E-state index contributed by atoms with van der Waals surface area (Å²) in [7, 11) is 0. The first kappa shape index (κ1) is 27.1. The molecule has 0 fully saturated rings. The van der Waals surface area contributed by atoms with E-state index in [0.29, 0.717) is 17.8 Å². The zero-order valence-electron chi connectivity index (χ0n) is 22.1. The Hall–Kier alpha value is -3.98. The highest BCUT2D eigenvalue weighted by molar-refractivity contribution is 5.99. The number of nitrogens with zero attached hydrogens (tertiary/aromatic N) is 3. The number of nitrogens with one attached hydrogen (secondary N) is 1. The second-order valence-corrected chi connectivity index (χ2v) is 9.89. The fourth-order valence-electron chi connectivity index (χ4n) is 5.07. The van der Waals surface area contributed by atoms with Crippen molar-refractivity contribution in [3.05, 3.63) is 78.0 Å². The quantitative estimate of drug-likeness (QED) is 0.522. The van der Waals surface area contributed by atoms with E-state index in [2.05, 4.69) is 10.3 Å². The molecule has 9 nitrogen and oxygen atoms in total. The van der Waals surface area contributed by atoms with Gasteiger partial charge in [0.25, 0.3) is 5.91 Å². The number of carbonyl (C=O) groups excluding carboxylic acids is 3. The molecule has 200 valence electrons. The molecule has 2 aromatic carbocycles. The molecular formula is C29H34N4O5. The van der Waals surface area contributed by atoms with Crippen molar-refractivity contribution in [2.75, 3.05) is 13.2 Å². The molecule has 0 radical (unpaired) electrons. The summed E-state index contributed by atoms with van der Waals surface area (Å²) in [6.07, 6.45) is 1.83. The molecule has 9 heteroatoms. The molecule has 2 N–H and O–H groups in total. The smallest absolute Gasteiger partial charge is 0.250 e. The van der Waals surface area contributed by atoms with Gasteiger partial charge in [0, 0.05) is 20.0 Å². The van der Waals surface area contributed by atoms with E-state index in [1.165, 1.54) is 23.6 Å². The Morgan fingerprint density at radius 2 is 1.74 bits per heavy atom. The molecule has 2 unspecified atom stereocenters. The Bertz CT molecular complexity index is 1240. The van der Waals surface area contributed by atoms with Gasteiger partial charge in [0.15, 0.2) is 0 Å². The number of benzene rings is 2. The van der Waals surface area contributed by atoms with Gasteiger partial charge in [-0.15, -0.1) is 0 Å². The fraction of sp³-hybridized carbons (Fsp3) is 0.379. The molecule has 4 rings (SSSR count). The van der Waals surface area contributed by atoms with Gasteiger partial charge < -0.3 is 20.1 Å². The van der Waals surface area contributed by atoms with E-state index in [-0.39, 0.29) is 36.7 Å². The van der Waals surface area contributed by atoms with Crippen LogP contribution in [-0.2, 0) is 25.5 Å². The molecule has 0 saturated heterocycles. The zero-order valence-corrected chi connectivity index (χ0v) is 22.1. The summed E-state index contributed by atoms with van der Waals surface area (Å²) in [6, 6.07) is 16.7. The highest BCUT2D eigenvalue weighted by atomic mass is 16.5. The lowest BCUT2D eigenvalue weighted by Gasteiger charge is -2.48. The van der Waals surface area contributed by atoms with Crippen LogP contribution >= 0.6 is 0 Å². The lowest BCUT2D eigenvalue weighted by Crippen LogP contribution is -2.70. The number of amides is 3. The van der Waals surface area contributed by atoms with Crippen LogP contribution in [0.25, 0.3) is 5.70 Å².